The number of hydrogen-bond acceptors (Lipinski definition) is 3. The largest absolute Gasteiger partial charge is 0.381 e. The Kier molecular flexibility index (Phi) is 5.64. The molecule has 4 heteroatoms. The SMILES string of the molecule is CC(C)C(=O)N1CCC(NC2CCCOCC2)CC1. The van der Waals surface area contributed by atoms with E-state index in [1.165, 1.54) is 12.8 Å². The highest BCUT2D eigenvalue weighted by atomic mass is 16.5. The molecule has 1 unspecified atom stereocenters. The van der Waals surface area contributed by atoms with Crippen molar-refractivity contribution in [1.82, 2.24) is 10.2 Å². The minimum Gasteiger partial charge on any atom is -0.381 e. The van der Waals surface area contributed by atoms with E-state index < -0.39 is 0 Å². The van der Waals surface area contributed by atoms with E-state index in [9.17, 15) is 4.79 Å². The lowest BCUT2D eigenvalue weighted by molar-refractivity contribution is -0.135. The summed E-state index contributed by atoms with van der Waals surface area (Å²) in [5, 5.41) is 3.77. The van der Waals surface area contributed by atoms with Gasteiger partial charge in [-0.3, -0.25) is 4.79 Å². The van der Waals surface area contributed by atoms with Gasteiger partial charge in [-0.2, -0.15) is 0 Å². The summed E-state index contributed by atoms with van der Waals surface area (Å²) in [5.41, 5.74) is 0. The Hall–Kier alpha value is -0.610. The zero-order chi connectivity index (χ0) is 13.7. The average molecular weight is 268 g/mol. The predicted molar refractivity (Wildman–Crippen MR) is 76.0 cm³/mol. The number of rotatable bonds is 3. The van der Waals surface area contributed by atoms with E-state index in [0.29, 0.717) is 18.0 Å². The molecule has 0 aromatic heterocycles. The molecule has 1 N–H and O–H groups in total. The van der Waals surface area contributed by atoms with E-state index in [4.69, 9.17) is 4.74 Å². The zero-order valence-corrected chi connectivity index (χ0v) is 12.4. The molecule has 2 fully saturated rings. The normalized spacial score (nSPS) is 26.5. The third-order valence-corrected chi connectivity index (χ3v) is 4.22. The Morgan fingerprint density at radius 2 is 1.79 bits per heavy atom. The van der Waals surface area contributed by atoms with Crippen molar-refractivity contribution in [1.29, 1.82) is 0 Å². The van der Waals surface area contributed by atoms with Gasteiger partial charge in [0, 0.05) is 44.3 Å². The molecule has 19 heavy (non-hydrogen) atoms. The number of nitrogens with one attached hydrogen (secondary N) is 1. The zero-order valence-electron chi connectivity index (χ0n) is 12.4. The van der Waals surface area contributed by atoms with Gasteiger partial charge in [0.25, 0.3) is 0 Å². The van der Waals surface area contributed by atoms with Crippen molar-refractivity contribution in [2.75, 3.05) is 26.3 Å². The first kappa shape index (κ1) is 14.8. The Balaban J connectivity index is 1.72. The second kappa shape index (κ2) is 7.25. The van der Waals surface area contributed by atoms with Gasteiger partial charge in [-0.25, -0.2) is 0 Å². The summed E-state index contributed by atoms with van der Waals surface area (Å²) in [6.07, 6.45) is 5.71. The van der Waals surface area contributed by atoms with Gasteiger partial charge in [-0.05, 0) is 32.1 Å². The standard InChI is InChI=1S/C15H28N2O2/c1-12(2)15(18)17-8-5-14(6-9-17)16-13-4-3-10-19-11-7-13/h12-14,16H,3-11H2,1-2H3. The molecule has 2 aliphatic rings. The number of nitrogens with zero attached hydrogens (tertiary/aromatic N) is 1. The third-order valence-electron chi connectivity index (χ3n) is 4.22. The first-order chi connectivity index (χ1) is 9.16. The van der Waals surface area contributed by atoms with Crippen LogP contribution in [0.15, 0.2) is 0 Å². The second-order valence-electron chi connectivity index (χ2n) is 6.16. The molecule has 0 spiro atoms. The molecule has 2 heterocycles. The molecule has 110 valence electrons. The van der Waals surface area contributed by atoms with Crippen LogP contribution in [0, 0.1) is 5.92 Å². The van der Waals surface area contributed by atoms with E-state index >= 15 is 0 Å². The fourth-order valence-corrected chi connectivity index (χ4v) is 3.04. The van der Waals surface area contributed by atoms with Crippen LogP contribution in [0.3, 0.4) is 0 Å². The van der Waals surface area contributed by atoms with Crippen LogP contribution in [-0.2, 0) is 9.53 Å². The van der Waals surface area contributed by atoms with Gasteiger partial charge in [-0.15, -0.1) is 0 Å². The first-order valence-electron chi connectivity index (χ1n) is 7.79. The maximum Gasteiger partial charge on any atom is 0.225 e. The second-order valence-corrected chi connectivity index (χ2v) is 6.16. The van der Waals surface area contributed by atoms with Crippen LogP contribution < -0.4 is 5.32 Å². The van der Waals surface area contributed by atoms with Crippen molar-refractivity contribution in [3.8, 4) is 0 Å². The summed E-state index contributed by atoms with van der Waals surface area (Å²) >= 11 is 0. The van der Waals surface area contributed by atoms with E-state index in [1.54, 1.807) is 0 Å². The minimum atomic E-state index is 0.128. The molecule has 2 rings (SSSR count). The van der Waals surface area contributed by atoms with Gasteiger partial charge in [0.1, 0.15) is 0 Å². The lowest BCUT2D eigenvalue weighted by Crippen LogP contribution is -2.48. The molecule has 0 aliphatic carbocycles. The van der Waals surface area contributed by atoms with Crippen LogP contribution in [0.2, 0.25) is 0 Å². The van der Waals surface area contributed by atoms with Gasteiger partial charge in [0.2, 0.25) is 5.91 Å². The lowest BCUT2D eigenvalue weighted by atomic mass is 10.0. The molecule has 4 nitrogen and oxygen atoms in total. The van der Waals surface area contributed by atoms with E-state index in [0.717, 1.165) is 45.6 Å². The molecule has 1 atom stereocenters. The topological polar surface area (TPSA) is 41.6 Å². The number of ether oxygens (including phenoxy) is 1. The maximum atomic E-state index is 11.9. The van der Waals surface area contributed by atoms with Gasteiger partial charge in [0.05, 0.1) is 0 Å². The van der Waals surface area contributed by atoms with Crippen molar-refractivity contribution in [2.45, 2.75) is 58.0 Å². The fourth-order valence-electron chi connectivity index (χ4n) is 3.04. The highest BCUT2D eigenvalue weighted by Gasteiger charge is 2.25. The van der Waals surface area contributed by atoms with Crippen LogP contribution in [0.25, 0.3) is 0 Å². The highest BCUT2D eigenvalue weighted by molar-refractivity contribution is 5.78. The molecule has 2 aliphatic heterocycles. The van der Waals surface area contributed by atoms with Gasteiger partial charge < -0.3 is 15.0 Å². The third kappa shape index (κ3) is 4.46. The molecular formula is C15H28N2O2. The molecule has 0 radical (unpaired) electrons. The van der Waals surface area contributed by atoms with Crippen molar-refractivity contribution in [2.24, 2.45) is 5.92 Å². The van der Waals surface area contributed by atoms with Gasteiger partial charge in [0.15, 0.2) is 0 Å². The number of carbonyl (C=O) groups excluding carboxylic acids is 1. The van der Waals surface area contributed by atoms with Gasteiger partial charge in [-0.1, -0.05) is 13.8 Å². The number of amides is 1. The molecular weight excluding hydrogens is 240 g/mol. The monoisotopic (exact) mass is 268 g/mol. The number of piperidine rings is 1. The van der Waals surface area contributed by atoms with E-state index in [-0.39, 0.29) is 5.92 Å². The highest BCUT2D eigenvalue weighted by Crippen LogP contribution is 2.16. The average Bonchev–Trinajstić information content (AvgIpc) is 2.67. The Labute approximate surface area is 116 Å². The van der Waals surface area contributed by atoms with Crippen LogP contribution in [0.4, 0.5) is 0 Å². The molecule has 0 bridgehead atoms. The molecule has 0 aromatic rings. The van der Waals surface area contributed by atoms with E-state index in [2.05, 4.69) is 5.32 Å². The summed E-state index contributed by atoms with van der Waals surface area (Å²) in [4.78, 5) is 14.0. The molecule has 1 amide bonds. The van der Waals surface area contributed by atoms with Gasteiger partial charge >= 0.3 is 0 Å². The molecule has 2 saturated heterocycles. The minimum absolute atomic E-state index is 0.128. The van der Waals surface area contributed by atoms with Crippen LogP contribution >= 0.6 is 0 Å². The number of carbonyl (C=O) groups is 1. The smallest absolute Gasteiger partial charge is 0.225 e. The summed E-state index contributed by atoms with van der Waals surface area (Å²) in [5.74, 6) is 0.435. The summed E-state index contributed by atoms with van der Waals surface area (Å²) < 4.78 is 5.50. The van der Waals surface area contributed by atoms with Crippen LogP contribution in [-0.4, -0.2) is 49.2 Å². The predicted octanol–water partition coefficient (Wildman–Crippen LogP) is 1.79. The summed E-state index contributed by atoms with van der Waals surface area (Å²) in [7, 11) is 0. The first-order valence-corrected chi connectivity index (χ1v) is 7.79. The van der Waals surface area contributed by atoms with Crippen molar-refractivity contribution in [3.63, 3.8) is 0 Å². The van der Waals surface area contributed by atoms with Crippen molar-refractivity contribution >= 4 is 5.91 Å². The quantitative estimate of drug-likeness (QED) is 0.848. The Morgan fingerprint density at radius 3 is 2.47 bits per heavy atom. The molecule has 0 saturated carbocycles. The fraction of sp³-hybridized carbons (Fsp3) is 0.933. The number of likely N-dealkylation sites (tertiary alicyclic amines) is 1. The Morgan fingerprint density at radius 1 is 1.11 bits per heavy atom. The van der Waals surface area contributed by atoms with E-state index in [1.807, 2.05) is 18.7 Å². The number of hydrogen-bond donors (Lipinski definition) is 1. The lowest BCUT2D eigenvalue weighted by Gasteiger charge is -2.35. The summed E-state index contributed by atoms with van der Waals surface area (Å²) in [6, 6.07) is 1.19. The molecule has 0 aromatic carbocycles. The van der Waals surface area contributed by atoms with Crippen LogP contribution in [0.1, 0.15) is 46.0 Å². The van der Waals surface area contributed by atoms with Crippen molar-refractivity contribution < 1.29 is 9.53 Å². The van der Waals surface area contributed by atoms with Crippen LogP contribution in [0.5, 0.6) is 0 Å². The summed E-state index contributed by atoms with van der Waals surface area (Å²) in [6.45, 7) is 7.61. The maximum absolute atomic E-state index is 11.9. The Bertz CT molecular complexity index is 278. The van der Waals surface area contributed by atoms with Crippen molar-refractivity contribution in [3.05, 3.63) is 0 Å².